The highest BCUT2D eigenvalue weighted by molar-refractivity contribution is 5.88. The number of carbonyl (C=O) groups excluding carboxylic acids is 2. The molecule has 1 aromatic carbocycles. The zero-order valence-electron chi connectivity index (χ0n) is 12.8. The van der Waals surface area contributed by atoms with Crippen LogP contribution in [0.4, 0.5) is 0 Å². The van der Waals surface area contributed by atoms with Gasteiger partial charge >= 0.3 is 5.97 Å². The third-order valence-corrected chi connectivity index (χ3v) is 4.09. The van der Waals surface area contributed by atoms with Crippen molar-refractivity contribution in [3.05, 3.63) is 46.0 Å². The van der Waals surface area contributed by atoms with E-state index in [1.807, 2.05) is 30.3 Å². The molecule has 23 heavy (non-hydrogen) atoms. The van der Waals surface area contributed by atoms with Gasteiger partial charge < -0.3 is 9.47 Å². The predicted molar refractivity (Wildman–Crippen MR) is 80.1 cm³/mol. The number of ether oxygens (including phenoxy) is 2. The molecule has 0 N–H and O–H groups in total. The van der Waals surface area contributed by atoms with Crippen LogP contribution in [0.1, 0.15) is 18.4 Å². The van der Waals surface area contributed by atoms with Crippen molar-refractivity contribution in [3.8, 4) is 0 Å². The molecule has 0 unspecified atom stereocenters. The maximum Gasteiger partial charge on any atom is 0.306 e. The van der Waals surface area contributed by atoms with E-state index in [1.165, 1.54) is 7.11 Å². The first kappa shape index (κ1) is 17.1. The zero-order chi connectivity index (χ0) is 16.8. The van der Waals surface area contributed by atoms with Gasteiger partial charge in [0.05, 0.1) is 32.2 Å². The number of benzene rings is 1. The SMILES string of the molecule is COC(=O)C[C@H]1C(=O)C[C@@H](OCc2ccccc2)[C@@H]1C[N+](=O)[O-]. The van der Waals surface area contributed by atoms with Gasteiger partial charge in [0.25, 0.3) is 0 Å². The Morgan fingerprint density at radius 1 is 1.35 bits per heavy atom. The molecule has 2 rings (SSSR count). The normalized spacial score (nSPS) is 23.7. The van der Waals surface area contributed by atoms with Gasteiger partial charge in [0.15, 0.2) is 0 Å². The number of nitro groups is 1. The van der Waals surface area contributed by atoms with Gasteiger partial charge in [0.1, 0.15) is 5.78 Å². The molecule has 0 bridgehead atoms. The molecule has 0 heterocycles. The minimum Gasteiger partial charge on any atom is -0.469 e. The average molecular weight is 321 g/mol. The highest BCUT2D eigenvalue weighted by Crippen LogP contribution is 2.34. The molecular weight excluding hydrogens is 302 g/mol. The van der Waals surface area contributed by atoms with Crippen molar-refractivity contribution in [2.24, 2.45) is 11.8 Å². The molecule has 7 heteroatoms. The minimum atomic E-state index is -0.714. The van der Waals surface area contributed by atoms with Crippen molar-refractivity contribution >= 4 is 11.8 Å². The third-order valence-electron chi connectivity index (χ3n) is 4.09. The van der Waals surface area contributed by atoms with Gasteiger partial charge in [-0.25, -0.2) is 0 Å². The Hall–Kier alpha value is -2.28. The number of methoxy groups -OCH3 is 1. The summed E-state index contributed by atoms with van der Waals surface area (Å²) in [6, 6.07) is 9.38. The molecule has 3 atom stereocenters. The lowest BCUT2D eigenvalue weighted by Gasteiger charge is -2.20. The fourth-order valence-electron chi connectivity index (χ4n) is 2.90. The summed E-state index contributed by atoms with van der Waals surface area (Å²) < 4.78 is 10.3. The van der Waals surface area contributed by atoms with Gasteiger partial charge in [0.2, 0.25) is 6.54 Å². The molecule has 0 radical (unpaired) electrons. The second kappa shape index (κ2) is 7.82. The maximum atomic E-state index is 12.1. The van der Waals surface area contributed by atoms with E-state index < -0.39 is 35.4 Å². The first-order valence-electron chi connectivity index (χ1n) is 7.38. The monoisotopic (exact) mass is 321 g/mol. The van der Waals surface area contributed by atoms with Crippen LogP contribution in [0.3, 0.4) is 0 Å². The number of esters is 1. The van der Waals surface area contributed by atoms with E-state index >= 15 is 0 Å². The molecule has 124 valence electrons. The van der Waals surface area contributed by atoms with Crippen molar-refractivity contribution in [1.82, 2.24) is 0 Å². The summed E-state index contributed by atoms with van der Waals surface area (Å²) in [7, 11) is 1.23. The van der Waals surface area contributed by atoms with Crippen LogP contribution in [0.5, 0.6) is 0 Å². The Bertz CT molecular complexity index is 573. The first-order chi connectivity index (χ1) is 11.0. The van der Waals surface area contributed by atoms with E-state index in [4.69, 9.17) is 4.74 Å². The lowest BCUT2D eigenvalue weighted by atomic mass is 9.91. The Morgan fingerprint density at radius 3 is 2.65 bits per heavy atom. The lowest BCUT2D eigenvalue weighted by Crippen LogP contribution is -2.31. The topological polar surface area (TPSA) is 95.7 Å². The van der Waals surface area contributed by atoms with Crippen LogP contribution in [0.15, 0.2) is 30.3 Å². The van der Waals surface area contributed by atoms with Gasteiger partial charge in [-0.1, -0.05) is 30.3 Å². The molecule has 1 saturated carbocycles. The molecule has 0 saturated heterocycles. The number of hydrogen-bond acceptors (Lipinski definition) is 6. The quantitative estimate of drug-likeness (QED) is 0.430. The number of nitrogens with zero attached hydrogens (tertiary/aromatic N) is 1. The summed E-state index contributed by atoms with van der Waals surface area (Å²) in [4.78, 5) is 34.0. The van der Waals surface area contributed by atoms with E-state index in [9.17, 15) is 19.7 Å². The lowest BCUT2D eigenvalue weighted by molar-refractivity contribution is -0.491. The zero-order valence-corrected chi connectivity index (χ0v) is 12.8. The van der Waals surface area contributed by atoms with Gasteiger partial charge in [-0.2, -0.15) is 0 Å². The molecule has 0 amide bonds. The molecule has 1 aliphatic carbocycles. The molecule has 0 aromatic heterocycles. The number of carbonyl (C=O) groups is 2. The number of rotatable bonds is 7. The highest BCUT2D eigenvalue weighted by Gasteiger charge is 2.46. The van der Waals surface area contributed by atoms with Crippen LogP contribution in [0.25, 0.3) is 0 Å². The number of Topliss-reactive ketones (excluding diaryl/α,β-unsaturated/α-hetero) is 1. The largest absolute Gasteiger partial charge is 0.469 e. The van der Waals surface area contributed by atoms with Crippen LogP contribution >= 0.6 is 0 Å². The van der Waals surface area contributed by atoms with Crippen molar-refractivity contribution in [3.63, 3.8) is 0 Å². The van der Waals surface area contributed by atoms with Crippen LogP contribution in [0.2, 0.25) is 0 Å². The van der Waals surface area contributed by atoms with Crippen molar-refractivity contribution in [2.45, 2.75) is 25.6 Å². The van der Waals surface area contributed by atoms with E-state index in [1.54, 1.807) is 0 Å². The summed E-state index contributed by atoms with van der Waals surface area (Å²) in [5.41, 5.74) is 0.927. The number of ketones is 1. The fraction of sp³-hybridized carbons (Fsp3) is 0.500. The minimum absolute atomic E-state index is 0.0903. The van der Waals surface area contributed by atoms with Gasteiger partial charge in [0, 0.05) is 17.3 Å². The van der Waals surface area contributed by atoms with Crippen molar-refractivity contribution < 1.29 is 24.0 Å². The van der Waals surface area contributed by atoms with E-state index in [2.05, 4.69) is 4.74 Å². The molecule has 0 aliphatic heterocycles. The van der Waals surface area contributed by atoms with Crippen LogP contribution in [-0.4, -0.2) is 36.4 Å². The standard InChI is InChI=1S/C16H19NO6/c1-22-16(19)7-12-13(9-17(20)21)15(8-14(12)18)23-10-11-5-3-2-4-6-11/h2-6,12-13,15H,7-10H2,1H3/t12-,13-,15-/m1/s1. The van der Waals surface area contributed by atoms with Crippen LogP contribution in [0, 0.1) is 22.0 Å². The molecule has 1 aliphatic rings. The van der Waals surface area contributed by atoms with Crippen LogP contribution in [-0.2, 0) is 25.7 Å². The first-order valence-corrected chi connectivity index (χ1v) is 7.38. The summed E-state index contributed by atoms with van der Waals surface area (Å²) in [5, 5.41) is 10.9. The second-order valence-electron chi connectivity index (χ2n) is 5.57. The molecule has 0 spiro atoms. The van der Waals surface area contributed by atoms with Gasteiger partial charge in [-0.15, -0.1) is 0 Å². The average Bonchev–Trinajstić information content (AvgIpc) is 2.81. The van der Waals surface area contributed by atoms with Gasteiger partial charge in [-0.05, 0) is 5.56 Å². The molecular formula is C16H19NO6. The Labute approximate surface area is 133 Å². The van der Waals surface area contributed by atoms with E-state index in [0.717, 1.165) is 5.56 Å². The van der Waals surface area contributed by atoms with E-state index in [-0.39, 0.29) is 25.2 Å². The summed E-state index contributed by atoms with van der Waals surface area (Å²) in [6.45, 7) is -0.120. The second-order valence-corrected chi connectivity index (χ2v) is 5.57. The smallest absolute Gasteiger partial charge is 0.306 e. The number of hydrogen-bond donors (Lipinski definition) is 0. The van der Waals surface area contributed by atoms with Gasteiger partial charge in [-0.3, -0.25) is 19.7 Å². The summed E-state index contributed by atoms with van der Waals surface area (Å²) in [5.74, 6) is -2.05. The predicted octanol–water partition coefficient (Wildman–Crippen LogP) is 1.62. The third kappa shape index (κ3) is 4.59. The maximum absolute atomic E-state index is 12.1. The molecule has 7 nitrogen and oxygen atoms in total. The molecule has 1 aromatic rings. The molecule has 1 fully saturated rings. The van der Waals surface area contributed by atoms with Crippen molar-refractivity contribution in [2.75, 3.05) is 13.7 Å². The van der Waals surface area contributed by atoms with Crippen molar-refractivity contribution in [1.29, 1.82) is 0 Å². The Balaban J connectivity index is 2.06. The summed E-state index contributed by atoms with van der Waals surface area (Å²) >= 11 is 0. The Morgan fingerprint density at radius 2 is 2.04 bits per heavy atom. The fourth-order valence-corrected chi connectivity index (χ4v) is 2.90. The summed E-state index contributed by atoms with van der Waals surface area (Å²) in [6.07, 6.45) is -0.603. The highest BCUT2D eigenvalue weighted by atomic mass is 16.6. The van der Waals surface area contributed by atoms with E-state index in [0.29, 0.717) is 0 Å². The Kier molecular flexibility index (Phi) is 5.81. The van der Waals surface area contributed by atoms with Crippen LogP contribution < -0.4 is 0 Å².